The molecule has 0 bridgehead atoms. The Labute approximate surface area is 192 Å². The van der Waals surface area contributed by atoms with Crippen LogP contribution in [0.5, 0.6) is 0 Å². The molecule has 3 heteroatoms. The van der Waals surface area contributed by atoms with Gasteiger partial charge in [-0.3, -0.25) is 4.74 Å². The van der Waals surface area contributed by atoms with Gasteiger partial charge in [0.05, 0.1) is 0 Å². The third kappa shape index (κ3) is 9.60. The third-order valence-electron chi connectivity index (χ3n) is 5.80. The molecule has 1 aliphatic rings. The molecule has 28 heavy (non-hydrogen) atoms. The second-order valence-electron chi connectivity index (χ2n) is 7.63. The van der Waals surface area contributed by atoms with E-state index in [-0.39, 0.29) is 21.7 Å². The monoisotopic (exact) mass is 439 g/mol. The zero-order valence-corrected chi connectivity index (χ0v) is 22.4. The standard InChI is InChI=1S/C17H32NP.C8H14.Ti/c1-7-14(4)19(15(5)8-2,16(6)9-3)18-17-12-10-11-13-17;1-3-5-7-8-6-4-2;/h10-12,14-16H,7-9,13H2,1-6H3;5-8H,3-4H2,1-2H3;. The molecule has 1 rings (SSSR count). The molecular weight excluding hydrogens is 393 g/mol. The Bertz CT molecular complexity index is 512. The second-order valence-corrected chi connectivity index (χ2v) is 12.1. The summed E-state index contributed by atoms with van der Waals surface area (Å²) in [4.78, 5) is 0. The van der Waals surface area contributed by atoms with Crippen molar-refractivity contribution in [2.75, 3.05) is 0 Å². The van der Waals surface area contributed by atoms with Crippen LogP contribution in [0, 0.1) is 0 Å². The first-order valence-electron chi connectivity index (χ1n) is 11.2. The van der Waals surface area contributed by atoms with Gasteiger partial charge >= 0.3 is 0 Å². The molecule has 1 aliphatic carbocycles. The summed E-state index contributed by atoms with van der Waals surface area (Å²) in [6.45, 7) is 18.6. The van der Waals surface area contributed by atoms with Crippen molar-refractivity contribution >= 4 is 7.05 Å². The molecule has 0 radical (unpaired) electrons. The molecule has 0 spiro atoms. The van der Waals surface area contributed by atoms with Crippen LogP contribution in [0.15, 0.2) is 53.0 Å². The minimum Gasteiger partial charge on any atom is -0.271 e. The fourth-order valence-corrected chi connectivity index (χ4v) is 9.18. The predicted octanol–water partition coefficient (Wildman–Crippen LogP) is 9.34. The van der Waals surface area contributed by atoms with Crippen LogP contribution in [0.25, 0.3) is 0 Å². The summed E-state index contributed by atoms with van der Waals surface area (Å²) < 4.78 is 5.43. The Balaban J connectivity index is 0. The normalized spacial score (nSPS) is 18.6. The first-order chi connectivity index (χ1) is 12.9. The first kappa shape index (κ1) is 30.1. The number of allylic oxidation sites excluding steroid dienone is 7. The van der Waals surface area contributed by atoms with Gasteiger partial charge in [-0.1, -0.05) is 91.8 Å². The van der Waals surface area contributed by atoms with E-state index in [9.17, 15) is 0 Å². The van der Waals surface area contributed by atoms with Crippen molar-refractivity contribution in [2.24, 2.45) is 4.74 Å². The fraction of sp³-hybridized carbons (Fsp3) is 0.680. The Hall–Kier alpha value is -0.0957. The van der Waals surface area contributed by atoms with E-state index >= 15 is 0 Å². The maximum atomic E-state index is 5.43. The van der Waals surface area contributed by atoms with Gasteiger partial charge in [-0.05, 0) is 62.2 Å². The Morgan fingerprint density at radius 2 is 1.29 bits per heavy atom. The number of nitrogens with zero attached hydrogens (tertiary/aromatic N) is 1. The minimum absolute atomic E-state index is 0. The van der Waals surface area contributed by atoms with Crippen molar-refractivity contribution in [3.63, 3.8) is 0 Å². The van der Waals surface area contributed by atoms with Crippen molar-refractivity contribution in [1.82, 2.24) is 0 Å². The van der Waals surface area contributed by atoms with Crippen molar-refractivity contribution in [3.8, 4) is 0 Å². The summed E-state index contributed by atoms with van der Waals surface area (Å²) in [5.41, 5.74) is 3.57. The van der Waals surface area contributed by atoms with Gasteiger partial charge in [-0.2, -0.15) is 0 Å². The van der Waals surface area contributed by atoms with E-state index in [1.54, 1.807) is 0 Å². The Morgan fingerprint density at radius 3 is 1.57 bits per heavy atom. The number of hydrogen-bond acceptors (Lipinski definition) is 1. The molecule has 0 aromatic heterocycles. The van der Waals surface area contributed by atoms with Gasteiger partial charge in [0.25, 0.3) is 0 Å². The second kappa shape index (κ2) is 17.7. The molecule has 0 aromatic carbocycles. The van der Waals surface area contributed by atoms with E-state index in [0.29, 0.717) is 0 Å². The van der Waals surface area contributed by atoms with Crippen LogP contribution < -0.4 is 0 Å². The molecule has 0 heterocycles. The van der Waals surface area contributed by atoms with E-state index in [0.717, 1.165) is 36.2 Å². The molecule has 0 amide bonds. The number of rotatable bonds is 10. The van der Waals surface area contributed by atoms with Gasteiger partial charge in [0.15, 0.2) is 0 Å². The third-order valence-corrected chi connectivity index (χ3v) is 11.7. The van der Waals surface area contributed by atoms with Gasteiger partial charge in [0, 0.05) is 33.8 Å². The summed E-state index contributed by atoms with van der Waals surface area (Å²) in [6, 6.07) is 0. The van der Waals surface area contributed by atoms with Gasteiger partial charge in [-0.15, -0.1) is 0 Å². The van der Waals surface area contributed by atoms with Gasteiger partial charge in [0.2, 0.25) is 0 Å². The molecular formula is C25H46NPTi. The van der Waals surface area contributed by atoms with Gasteiger partial charge in [0.1, 0.15) is 0 Å². The van der Waals surface area contributed by atoms with E-state index < -0.39 is 7.05 Å². The summed E-state index contributed by atoms with van der Waals surface area (Å²) in [5.74, 6) is 0. The molecule has 0 fully saturated rings. The maximum absolute atomic E-state index is 5.43. The Morgan fingerprint density at radius 1 is 0.857 bits per heavy atom. The van der Waals surface area contributed by atoms with Crippen LogP contribution in [0.3, 0.4) is 0 Å². The fourth-order valence-electron chi connectivity index (χ4n) is 3.64. The van der Waals surface area contributed by atoms with Crippen LogP contribution in [-0.2, 0) is 21.7 Å². The van der Waals surface area contributed by atoms with Crippen LogP contribution >= 0.6 is 7.05 Å². The van der Waals surface area contributed by atoms with Gasteiger partial charge in [-0.25, -0.2) is 0 Å². The van der Waals surface area contributed by atoms with Crippen molar-refractivity contribution in [3.05, 3.63) is 48.2 Å². The number of hydrogen-bond donors (Lipinski definition) is 0. The van der Waals surface area contributed by atoms with Crippen molar-refractivity contribution in [2.45, 2.75) is 111 Å². The van der Waals surface area contributed by atoms with E-state index in [1.165, 1.54) is 25.0 Å². The summed E-state index contributed by atoms with van der Waals surface area (Å²) in [7, 11) is -1.30. The smallest absolute Gasteiger partial charge is 0.0425 e. The average molecular weight is 439 g/mol. The van der Waals surface area contributed by atoms with Crippen LogP contribution in [0.4, 0.5) is 0 Å². The molecule has 0 saturated heterocycles. The van der Waals surface area contributed by atoms with Crippen LogP contribution in [-0.4, -0.2) is 17.0 Å². The molecule has 1 nitrogen and oxygen atoms in total. The topological polar surface area (TPSA) is 12.4 Å². The van der Waals surface area contributed by atoms with E-state index in [2.05, 4.69) is 97.9 Å². The van der Waals surface area contributed by atoms with Gasteiger partial charge < -0.3 is 0 Å². The minimum atomic E-state index is -1.30. The first-order valence-corrected chi connectivity index (χ1v) is 13.2. The zero-order chi connectivity index (χ0) is 20.7. The zero-order valence-electron chi connectivity index (χ0n) is 19.9. The Kier molecular flexibility index (Phi) is 19.1. The molecule has 3 unspecified atom stereocenters. The molecule has 0 aromatic rings. The largest absolute Gasteiger partial charge is 0.271 e. The SMILES string of the molecule is CCC(C)P(=NC1=CC=CC1)(C(C)CC)C(C)CC.CCC=CC=CCC.[Ti]. The van der Waals surface area contributed by atoms with Crippen LogP contribution in [0.2, 0.25) is 0 Å². The van der Waals surface area contributed by atoms with E-state index in [4.69, 9.17) is 4.74 Å². The molecule has 0 N–H and O–H groups in total. The predicted molar refractivity (Wildman–Crippen MR) is 129 cm³/mol. The van der Waals surface area contributed by atoms with Crippen LogP contribution in [0.1, 0.15) is 93.9 Å². The quantitative estimate of drug-likeness (QED) is 0.183. The summed E-state index contributed by atoms with van der Waals surface area (Å²) in [5, 5.41) is 0. The molecule has 160 valence electrons. The van der Waals surface area contributed by atoms with E-state index in [1.807, 2.05) is 0 Å². The van der Waals surface area contributed by atoms with Crippen molar-refractivity contribution in [1.29, 1.82) is 0 Å². The molecule has 0 saturated carbocycles. The molecule has 3 atom stereocenters. The van der Waals surface area contributed by atoms with Crippen molar-refractivity contribution < 1.29 is 21.7 Å². The molecule has 0 aliphatic heterocycles. The summed E-state index contributed by atoms with van der Waals surface area (Å²) >= 11 is 0. The maximum Gasteiger partial charge on any atom is 0.0425 e. The average Bonchev–Trinajstić information content (AvgIpc) is 3.21. The summed E-state index contributed by atoms with van der Waals surface area (Å²) in [6.07, 6.45) is 22.2.